The van der Waals surface area contributed by atoms with E-state index in [1.807, 2.05) is 0 Å². The average Bonchev–Trinajstić information content (AvgIpc) is 3.30. The molecule has 1 aliphatic heterocycles. The van der Waals surface area contributed by atoms with Gasteiger partial charge in [-0.1, -0.05) is 17.7 Å². The number of benzene rings is 2. The Balaban J connectivity index is 1.64. The van der Waals surface area contributed by atoms with Crippen LogP contribution in [-0.2, 0) is 16.4 Å². The van der Waals surface area contributed by atoms with Crippen molar-refractivity contribution < 1.29 is 13.2 Å². The molecule has 1 aliphatic rings. The largest absolute Gasteiger partial charge is 0.320 e. The third kappa shape index (κ3) is 3.34. The van der Waals surface area contributed by atoms with Gasteiger partial charge in [-0.05, 0) is 42.3 Å². The maximum Gasteiger partial charge on any atom is 0.255 e. The van der Waals surface area contributed by atoms with Gasteiger partial charge in [-0.3, -0.25) is 9.10 Å². The lowest BCUT2D eigenvalue weighted by Gasteiger charge is -2.16. The molecule has 4 rings (SSSR count). The minimum atomic E-state index is -3.33. The number of carbonyl (C=O) groups excluding carboxylic acids is 1. The van der Waals surface area contributed by atoms with Gasteiger partial charge in [0.2, 0.25) is 10.0 Å². The maximum atomic E-state index is 12.8. The van der Waals surface area contributed by atoms with E-state index in [0.717, 1.165) is 5.56 Å². The number of carbonyl (C=O) groups is 1. The molecule has 3 aromatic rings. The Morgan fingerprint density at radius 2 is 2.07 bits per heavy atom. The van der Waals surface area contributed by atoms with Gasteiger partial charge in [-0.2, -0.15) is 5.10 Å². The Hall–Kier alpha value is -2.91. The van der Waals surface area contributed by atoms with E-state index in [1.165, 1.54) is 27.9 Å². The Morgan fingerprint density at radius 1 is 1.25 bits per heavy atom. The molecular weight excluding hydrogens is 402 g/mol. The van der Waals surface area contributed by atoms with Crippen LogP contribution in [0, 0.1) is 0 Å². The molecule has 0 unspecified atom stereocenters. The van der Waals surface area contributed by atoms with Crippen LogP contribution in [0.5, 0.6) is 0 Å². The van der Waals surface area contributed by atoms with Crippen molar-refractivity contribution in [2.24, 2.45) is 0 Å². The summed E-state index contributed by atoms with van der Waals surface area (Å²) < 4.78 is 26.5. The van der Waals surface area contributed by atoms with Gasteiger partial charge in [-0.25, -0.2) is 18.1 Å². The second-order valence-corrected chi connectivity index (χ2v) is 8.67. The fourth-order valence-electron chi connectivity index (χ4n) is 3.22. The van der Waals surface area contributed by atoms with Crippen LogP contribution < -0.4 is 9.62 Å². The summed E-state index contributed by atoms with van der Waals surface area (Å²) in [5, 5.41) is 7.34. The second kappa shape index (κ2) is 6.92. The minimum absolute atomic E-state index is 0.329. The Bertz CT molecular complexity index is 1160. The molecule has 10 heteroatoms. The van der Waals surface area contributed by atoms with Crippen LogP contribution in [0.4, 0.5) is 11.4 Å². The highest BCUT2D eigenvalue weighted by molar-refractivity contribution is 7.92. The van der Waals surface area contributed by atoms with Crippen LogP contribution in [0.25, 0.3) is 5.69 Å². The van der Waals surface area contributed by atoms with Crippen LogP contribution in [0.1, 0.15) is 15.9 Å². The molecule has 1 amide bonds. The number of para-hydroxylation sites is 1. The number of halogens is 1. The van der Waals surface area contributed by atoms with E-state index >= 15 is 0 Å². The lowest BCUT2D eigenvalue weighted by molar-refractivity contribution is 0.102. The van der Waals surface area contributed by atoms with Crippen LogP contribution in [0.3, 0.4) is 0 Å². The number of nitrogens with one attached hydrogen (secondary N) is 1. The molecule has 144 valence electrons. The molecule has 0 bridgehead atoms. The molecule has 28 heavy (non-hydrogen) atoms. The molecule has 0 aliphatic carbocycles. The summed E-state index contributed by atoms with van der Waals surface area (Å²) in [5.41, 5.74) is 2.87. The summed E-state index contributed by atoms with van der Waals surface area (Å²) in [4.78, 5) is 16.7. The summed E-state index contributed by atoms with van der Waals surface area (Å²) in [7, 11) is -3.33. The topological polar surface area (TPSA) is 97.2 Å². The number of amides is 1. The first-order valence-electron chi connectivity index (χ1n) is 8.40. The van der Waals surface area contributed by atoms with Gasteiger partial charge >= 0.3 is 0 Å². The van der Waals surface area contributed by atoms with Crippen molar-refractivity contribution >= 4 is 38.9 Å². The fraction of sp³-hybridized carbons (Fsp3) is 0.167. The standard InChI is InChI=1S/C18H16ClN5O3S/c1-28(26,27)24-8-7-12-9-13(5-6-16(12)24)18(25)22-15-4-2-3-14(19)17(15)23-11-20-10-21-23/h2-6,9-11H,7-8H2,1H3,(H,22,25). The first-order chi connectivity index (χ1) is 13.3. The maximum absolute atomic E-state index is 12.8. The van der Waals surface area contributed by atoms with Crippen LogP contribution in [0.15, 0.2) is 49.1 Å². The molecule has 2 heterocycles. The lowest BCUT2D eigenvalue weighted by Crippen LogP contribution is -2.27. The zero-order valence-electron chi connectivity index (χ0n) is 14.8. The molecule has 8 nitrogen and oxygen atoms in total. The minimum Gasteiger partial charge on any atom is -0.320 e. The zero-order valence-corrected chi connectivity index (χ0v) is 16.4. The number of fused-ring (bicyclic) bond motifs is 1. The van der Waals surface area contributed by atoms with Crippen molar-refractivity contribution in [1.29, 1.82) is 0 Å². The highest BCUT2D eigenvalue weighted by Gasteiger charge is 2.27. The van der Waals surface area contributed by atoms with E-state index in [1.54, 1.807) is 36.4 Å². The third-order valence-corrected chi connectivity index (χ3v) is 5.96. The molecule has 0 saturated carbocycles. The van der Waals surface area contributed by atoms with Crippen molar-refractivity contribution in [2.45, 2.75) is 6.42 Å². The molecule has 0 fully saturated rings. The first kappa shape index (κ1) is 18.5. The van der Waals surface area contributed by atoms with Gasteiger partial charge in [0.1, 0.15) is 18.3 Å². The summed E-state index contributed by atoms with van der Waals surface area (Å²) in [6.07, 6.45) is 4.60. The summed E-state index contributed by atoms with van der Waals surface area (Å²) in [5.74, 6) is -0.329. The quantitative estimate of drug-likeness (QED) is 0.703. The highest BCUT2D eigenvalue weighted by atomic mass is 35.5. The predicted octanol–water partition coefficient (Wildman–Crippen LogP) is 2.50. The third-order valence-electron chi connectivity index (χ3n) is 4.48. The average molecular weight is 418 g/mol. The number of sulfonamides is 1. The molecule has 2 aromatic carbocycles. The summed E-state index contributed by atoms with van der Waals surface area (Å²) in [6.45, 7) is 0.379. The van der Waals surface area contributed by atoms with Crippen LogP contribution in [0.2, 0.25) is 5.02 Å². The normalized spacial score (nSPS) is 13.4. The number of aromatic nitrogens is 3. The first-order valence-corrected chi connectivity index (χ1v) is 10.6. The number of hydrogen-bond donors (Lipinski definition) is 1. The van der Waals surface area contributed by atoms with Gasteiger partial charge in [-0.15, -0.1) is 0 Å². The van der Waals surface area contributed by atoms with Crippen molar-refractivity contribution in [3.05, 3.63) is 65.2 Å². The second-order valence-electron chi connectivity index (χ2n) is 6.36. The van der Waals surface area contributed by atoms with Gasteiger partial charge < -0.3 is 5.32 Å². The van der Waals surface area contributed by atoms with Gasteiger partial charge in [0, 0.05) is 12.1 Å². The van der Waals surface area contributed by atoms with Crippen molar-refractivity contribution in [3.63, 3.8) is 0 Å². The zero-order chi connectivity index (χ0) is 19.9. The highest BCUT2D eigenvalue weighted by Crippen LogP contribution is 2.32. The molecular formula is C18H16ClN5O3S. The van der Waals surface area contributed by atoms with Crippen molar-refractivity contribution in [1.82, 2.24) is 14.8 Å². The fourth-order valence-corrected chi connectivity index (χ4v) is 4.44. The van der Waals surface area contributed by atoms with Gasteiger partial charge in [0.15, 0.2) is 0 Å². The predicted molar refractivity (Wildman–Crippen MR) is 107 cm³/mol. The molecule has 1 aromatic heterocycles. The van der Waals surface area contributed by atoms with E-state index < -0.39 is 10.0 Å². The number of nitrogens with zero attached hydrogens (tertiary/aromatic N) is 4. The molecule has 0 atom stereocenters. The van der Waals surface area contributed by atoms with E-state index in [9.17, 15) is 13.2 Å². The van der Waals surface area contributed by atoms with Gasteiger partial charge in [0.05, 0.1) is 22.7 Å². The SMILES string of the molecule is CS(=O)(=O)N1CCc2cc(C(=O)Nc3cccc(Cl)c3-n3cncn3)ccc21. The number of rotatable bonds is 4. The van der Waals surface area contributed by atoms with E-state index in [4.69, 9.17) is 11.6 Å². The molecule has 0 spiro atoms. The van der Waals surface area contributed by atoms with E-state index in [2.05, 4.69) is 15.4 Å². The number of anilines is 2. The van der Waals surface area contributed by atoms with Crippen molar-refractivity contribution in [3.8, 4) is 5.69 Å². The Kier molecular flexibility index (Phi) is 4.56. The smallest absolute Gasteiger partial charge is 0.255 e. The lowest BCUT2D eigenvalue weighted by atomic mass is 10.1. The Labute approximate surface area is 166 Å². The molecule has 0 radical (unpaired) electrons. The molecule has 1 N–H and O–H groups in total. The Morgan fingerprint density at radius 3 is 2.79 bits per heavy atom. The van der Waals surface area contributed by atoms with Crippen LogP contribution in [-0.4, -0.2) is 41.9 Å². The number of hydrogen-bond acceptors (Lipinski definition) is 5. The van der Waals surface area contributed by atoms with Crippen molar-refractivity contribution in [2.75, 3.05) is 22.4 Å². The van der Waals surface area contributed by atoms with Gasteiger partial charge in [0.25, 0.3) is 5.91 Å². The summed E-state index contributed by atoms with van der Waals surface area (Å²) >= 11 is 6.28. The molecule has 0 saturated heterocycles. The monoisotopic (exact) mass is 417 g/mol. The summed E-state index contributed by atoms with van der Waals surface area (Å²) in [6, 6.07) is 10.1. The van der Waals surface area contributed by atoms with E-state index in [-0.39, 0.29) is 5.91 Å². The van der Waals surface area contributed by atoms with Crippen LogP contribution >= 0.6 is 11.6 Å². The van der Waals surface area contributed by atoms with E-state index in [0.29, 0.717) is 40.6 Å².